The SMILES string of the molecule is CC(C)(C)NCc1cnn(CCO)c1. The van der Waals surface area contributed by atoms with Gasteiger partial charge in [-0.05, 0) is 20.8 Å². The van der Waals surface area contributed by atoms with Crippen LogP contribution in [0.4, 0.5) is 0 Å². The van der Waals surface area contributed by atoms with Crippen molar-refractivity contribution in [3.05, 3.63) is 18.0 Å². The molecular formula is C10H19N3O. The third-order valence-corrected chi connectivity index (χ3v) is 1.84. The van der Waals surface area contributed by atoms with E-state index in [2.05, 4.69) is 31.2 Å². The zero-order chi connectivity index (χ0) is 10.6. The Hall–Kier alpha value is -0.870. The monoisotopic (exact) mass is 197 g/mol. The Morgan fingerprint density at radius 1 is 1.50 bits per heavy atom. The van der Waals surface area contributed by atoms with Gasteiger partial charge in [0.15, 0.2) is 0 Å². The second-order valence-electron chi connectivity index (χ2n) is 4.44. The van der Waals surface area contributed by atoms with Crippen LogP contribution in [0.15, 0.2) is 12.4 Å². The van der Waals surface area contributed by atoms with Gasteiger partial charge in [0.1, 0.15) is 0 Å². The molecular weight excluding hydrogens is 178 g/mol. The maximum absolute atomic E-state index is 8.71. The zero-order valence-electron chi connectivity index (χ0n) is 9.12. The van der Waals surface area contributed by atoms with Gasteiger partial charge in [-0.25, -0.2) is 0 Å². The molecule has 0 aromatic carbocycles. The van der Waals surface area contributed by atoms with E-state index in [9.17, 15) is 0 Å². The van der Waals surface area contributed by atoms with Gasteiger partial charge in [0.2, 0.25) is 0 Å². The summed E-state index contributed by atoms with van der Waals surface area (Å²) in [5, 5.41) is 16.2. The van der Waals surface area contributed by atoms with Gasteiger partial charge in [0, 0.05) is 23.8 Å². The molecule has 0 aliphatic rings. The maximum Gasteiger partial charge on any atom is 0.0640 e. The van der Waals surface area contributed by atoms with Crippen molar-refractivity contribution in [3.8, 4) is 0 Å². The van der Waals surface area contributed by atoms with Crippen LogP contribution in [0, 0.1) is 0 Å². The van der Waals surface area contributed by atoms with E-state index in [-0.39, 0.29) is 12.1 Å². The summed E-state index contributed by atoms with van der Waals surface area (Å²) in [6, 6.07) is 0. The van der Waals surface area contributed by atoms with E-state index >= 15 is 0 Å². The number of rotatable bonds is 4. The van der Waals surface area contributed by atoms with Crippen molar-refractivity contribution in [2.24, 2.45) is 0 Å². The summed E-state index contributed by atoms with van der Waals surface area (Å²) in [5.41, 5.74) is 1.27. The Morgan fingerprint density at radius 3 is 2.79 bits per heavy atom. The molecule has 4 heteroatoms. The highest BCUT2D eigenvalue weighted by Gasteiger charge is 2.08. The molecule has 0 aliphatic heterocycles. The maximum atomic E-state index is 8.71. The van der Waals surface area contributed by atoms with Crippen molar-refractivity contribution in [2.75, 3.05) is 6.61 Å². The lowest BCUT2D eigenvalue weighted by atomic mass is 10.1. The van der Waals surface area contributed by atoms with Gasteiger partial charge < -0.3 is 10.4 Å². The van der Waals surface area contributed by atoms with Gasteiger partial charge in [0.25, 0.3) is 0 Å². The molecule has 0 saturated carbocycles. The minimum absolute atomic E-state index is 0.124. The summed E-state index contributed by atoms with van der Waals surface area (Å²) < 4.78 is 1.75. The van der Waals surface area contributed by atoms with E-state index < -0.39 is 0 Å². The van der Waals surface area contributed by atoms with Crippen LogP contribution >= 0.6 is 0 Å². The van der Waals surface area contributed by atoms with Crippen LogP contribution in [0.3, 0.4) is 0 Å². The molecule has 0 unspecified atom stereocenters. The number of nitrogens with one attached hydrogen (secondary N) is 1. The molecule has 0 fully saturated rings. The van der Waals surface area contributed by atoms with Crippen molar-refractivity contribution in [3.63, 3.8) is 0 Å². The number of aromatic nitrogens is 2. The lowest BCUT2D eigenvalue weighted by molar-refractivity contribution is 0.269. The quantitative estimate of drug-likeness (QED) is 0.749. The molecule has 0 aliphatic carbocycles. The first-order chi connectivity index (χ1) is 6.51. The summed E-state index contributed by atoms with van der Waals surface area (Å²) in [5.74, 6) is 0. The topological polar surface area (TPSA) is 50.1 Å². The third-order valence-electron chi connectivity index (χ3n) is 1.84. The molecule has 14 heavy (non-hydrogen) atoms. The van der Waals surface area contributed by atoms with Crippen LogP contribution in [0.5, 0.6) is 0 Å². The molecule has 1 aromatic rings. The number of aliphatic hydroxyl groups is 1. The molecule has 0 spiro atoms. The normalized spacial score (nSPS) is 12.0. The van der Waals surface area contributed by atoms with E-state index in [1.165, 1.54) is 0 Å². The first kappa shape index (κ1) is 11.2. The summed E-state index contributed by atoms with van der Waals surface area (Å²) in [6.45, 7) is 7.90. The first-order valence-electron chi connectivity index (χ1n) is 4.88. The summed E-state index contributed by atoms with van der Waals surface area (Å²) in [6.07, 6.45) is 3.78. The second-order valence-corrected chi connectivity index (χ2v) is 4.44. The van der Waals surface area contributed by atoms with E-state index in [0.717, 1.165) is 12.1 Å². The Labute approximate surface area is 84.9 Å². The molecule has 1 rings (SSSR count). The summed E-state index contributed by atoms with van der Waals surface area (Å²) >= 11 is 0. The molecule has 1 heterocycles. The van der Waals surface area contributed by atoms with Crippen molar-refractivity contribution < 1.29 is 5.11 Å². The Balaban J connectivity index is 2.44. The summed E-state index contributed by atoms with van der Waals surface area (Å²) in [4.78, 5) is 0. The predicted molar refractivity (Wildman–Crippen MR) is 55.9 cm³/mol. The van der Waals surface area contributed by atoms with Gasteiger partial charge in [-0.1, -0.05) is 0 Å². The van der Waals surface area contributed by atoms with Crippen molar-refractivity contribution >= 4 is 0 Å². The van der Waals surface area contributed by atoms with Crippen LogP contribution in [-0.4, -0.2) is 27.0 Å². The van der Waals surface area contributed by atoms with E-state index in [0.29, 0.717) is 6.54 Å². The zero-order valence-corrected chi connectivity index (χ0v) is 9.12. The van der Waals surface area contributed by atoms with Crippen LogP contribution < -0.4 is 5.32 Å². The second kappa shape index (κ2) is 4.57. The number of nitrogens with zero attached hydrogens (tertiary/aromatic N) is 2. The van der Waals surface area contributed by atoms with Crippen molar-refractivity contribution in [1.82, 2.24) is 15.1 Å². The minimum Gasteiger partial charge on any atom is -0.394 e. The first-order valence-corrected chi connectivity index (χ1v) is 4.88. The molecule has 0 atom stereocenters. The standard InChI is InChI=1S/C10H19N3O/c1-10(2,3)11-6-9-7-12-13(8-9)4-5-14/h7-8,11,14H,4-6H2,1-3H3. The fraction of sp³-hybridized carbons (Fsp3) is 0.700. The average Bonchev–Trinajstić information content (AvgIpc) is 2.49. The van der Waals surface area contributed by atoms with E-state index in [1.54, 1.807) is 4.68 Å². The third kappa shape index (κ3) is 3.89. The Bertz CT molecular complexity index is 275. The Kier molecular flexibility index (Phi) is 3.66. The highest BCUT2D eigenvalue weighted by atomic mass is 16.3. The lowest BCUT2D eigenvalue weighted by Crippen LogP contribution is -2.34. The predicted octanol–water partition coefficient (Wildman–Crippen LogP) is 0.763. The number of aliphatic hydroxyl groups excluding tert-OH is 1. The fourth-order valence-electron chi connectivity index (χ4n) is 1.09. The van der Waals surface area contributed by atoms with Crippen LogP contribution in [0.1, 0.15) is 26.3 Å². The Morgan fingerprint density at radius 2 is 2.21 bits per heavy atom. The van der Waals surface area contributed by atoms with E-state index in [1.807, 2.05) is 12.4 Å². The molecule has 80 valence electrons. The van der Waals surface area contributed by atoms with Gasteiger partial charge >= 0.3 is 0 Å². The van der Waals surface area contributed by atoms with Gasteiger partial charge in [-0.3, -0.25) is 4.68 Å². The van der Waals surface area contributed by atoms with Crippen LogP contribution in [0.2, 0.25) is 0 Å². The van der Waals surface area contributed by atoms with Gasteiger partial charge in [-0.15, -0.1) is 0 Å². The highest BCUT2D eigenvalue weighted by Crippen LogP contribution is 2.03. The molecule has 0 amide bonds. The lowest BCUT2D eigenvalue weighted by Gasteiger charge is -2.19. The fourth-order valence-corrected chi connectivity index (χ4v) is 1.09. The van der Waals surface area contributed by atoms with Crippen molar-refractivity contribution in [2.45, 2.75) is 39.4 Å². The molecule has 0 saturated heterocycles. The van der Waals surface area contributed by atoms with Crippen LogP contribution in [0.25, 0.3) is 0 Å². The van der Waals surface area contributed by atoms with Crippen molar-refractivity contribution in [1.29, 1.82) is 0 Å². The molecule has 0 bridgehead atoms. The number of hydrogen-bond donors (Lipinski definition) is 2. The molecule has 1 aromatic heterocycles. The van der Waals surface area contributed by atoms with Crippen LogP contribution in [-0.2, 0) is 13.1 Å². The van der Waals surface area contributed by atoms with Gasteiger partial charge in [-0.2, -0.15) is 5.10 Å². The summed E-state index contributed by atoms with van der Waals surface area (Å²) in [7, 11) is 0. The van der Waals surface area contributed by atoms with E-state index in [4.69, 9.17) is 5.11 Å². The smallest absolute Gasteiger partial charge is 0.0640 e. The van der Waals surface area contributed by atoms with Gasteiger partial charge in [0.05, 0.1) is 19.3 Å². The minimum atomic E-state index is 0.124. The molecule has 4 nitrogen and oxygen atoms in total. The number of hydrogen-bond acceptors (Lipinski definition) is 3. The average molecular weight is 197 g/mol. The largest absolute Gasteiger partial charge is 0.394 e. The molecule has 2 N–H and O–H groups in total. The molecule has 0 radical (unpaired) electrons. The highest BCUT2D eigenvalue weighted by molar-refractivity contribution is 5.03.